The predicted octanol–water partition coefficient (Wildman–Crippen LogP) is 4.27. The van der Waals surface area contributed by atoms with Gasteiger partial charge in [0.15, 0.2) is 0 Å². The van der Waals surface area contributed by atoms with Gasteiger partial charge in [-0.2, -0.15) is 0 Å². The number of unbranched alkanes of at least 4 members (excludes halogenated alkanes) is 3. The molecule has 0 atom stereocenters. The molecule has 0 saturated carbocycles. The Morgan fingerprint density at radius 1 is 1.04 bits per heavy atom. The SMILES string of the molecule is O=C(NCCCCCCN=Cc1cc(Br)ccc1O)c1ccccc1O. The lowest BCUT2D eigenvalue weighted by molar-refractivity contribution is 0.0950. The lowest BCUT2D eigenvalue weighted by Crippen LogP contribution is -2.24. The molecular formula is C20H23BrN2O3. The first-order valence-electron chi connectivity index (χ1n) is 8.62. The molecule has 0 unspecified atom stereocenters. The lowest BCUT2D eigenvalue weighted by Gasteiger charge is -2.06. The number of carbonyl (C=O) groups excluding carboxylic acids is 1. The number of nitrogens with zero attached hydrogens (tertiary/aromatic N) is 1. The maximum Gasteiger partial charge on any atom is 0.255 e. The third-order valence-corrected chi connectivity index (χ3v) is 4.36. The standard InChI is InChI=1S/C20H23BrN2O3/c21-16-9-10-18(24)15(13-16)14-22-11-5-1-2-6-12-23-20(26)17-7-3-4-8-19(17)25/h3-4,7-10,13-14,24-25H,1-2,5-6,11-12H2,(H,23,26). The van der Waals surface area contributed by atoms with Crippen molar-refractivity contribution in [2.45, 2.75) is 25.7 Å². The largest absolute Gasteiger partial charge is 0.507 e. The second-order valence-corrected chi connectivity index (χ2v) is 6.84. The number of carbonyl (C=O) groups is 1. The molecule has 0 fully saturated rings. The van der Waals surface area contributed by atoms with E-state index in [9.17, 15) is 15.0 Å². The van der Waals surface area contributed by atoms with Crippen LogP contribution in [0.3, 0.4) is 0 Å². The number of phenolic OH excluding ortho intramolecular Hbond substituents is 2. The molecule has 26 heavy (non-hydrogen) atoms. The highest BCUT2D eigenvalue weighted by Crippen LogP contribution is 2.20. The minimum absolute atomic E-state index is 0.000607. The first-order valence-corrected chi connectivity index (χ1v) is 9.42. The number of hydrogen-bond donors (Lipinski definition) is 3. The summed E-state index contributed by atoms with van der Waals surface area (Å²) >= 11 is 3.37. The Morgan fingerprint density at radius 2 is 1.81 bits per heavy atom. The fraction of sp³-hybridized carbons (Fsp3) is 0.300. The number of aromatic hydroxyl groups is 2. The summed E-state index contributed by atoms with van der Waals surface area (Å²) in [6, 6.07) is 11.8. The van der Waals surface area contributed by atoms with Crippen molar-refractivity contribution >= 4 is 28.1 Å². The number of amides is 1. The fourth-order valence-electron chi connectivity index (χ4n) is 2.44. The van der Waals surface area contributed by atoms with Crippen molar-refractivity contribution in [3.8, 4) is 11.5 Å². The van der Waals surface area contributed by atoms with Gasteiger partial charge in [-0.25, -0.2) is 0 Å². The van der Waals surface area contributed by atoms with E-state index >= 15 is 0 Å². The van der Waals surface area contributed by atoms with E-state index < -0.39 is 0 Å². The van der Waals surface area contributed by atoms with E-state index in [0.29, 0.717) is 24.2 Å². The summed E-state index contributed by atoms with van der Waals surface area (Å²) in [6.45, 7) is 1.29. The number of para-hydroxylation sites is 1. The van der Waals surface area contributed by atoms with Gasteiger partial charge in [0.2, 0.25) is 0 Å². The van der Waals surface area contributed by atoms with Crippen molar-refractivity contribution in [3.63, 3.8) is 0 Å². The van der Waals surface area contributed by atoms with Gasteiger partial charge in [-0.05, 0) is 43.2 Å². The van der Waals surface area contributed by atoms with Crippen LogP contribution >= 0.6 is 15.9 Å². The summed E-state index contributed by atoms with van der Waals surface area (Å²) in [6.07, 6.45) is 5.55. The average molecular weight is 419 g/mol. The fourth-order valence-corrected chi connectivity index (χ4v) is 2.81. The molecule has 0 bridgehead atoms. The minimum atomic E-state index is -0.249. The number of hydrogen-bond acceptors (Lipinski definition) is 4. The van der Waals surface area contributed by atoms with Crippen LogP contribution in [0.1, 0.15) is 41.6 Å². The van der Waals surface area contributed by atoms with Gasteiger partial charge >= 0.3 is 0 Å². The molecule has 6 heteroatoms. The monoisotopic (exact) mass is 418 g/mol. The highest BCUT2D eigenvalue weighted by atomic mass is 79.9. The highest BCUT2D eigenvalue weighted by molar-refractivity contribution is 9.10. The van der Waals surface area contributed by atoms with Crippen molar-refractivity contribution in [1.82, 2.24) is 5.32 Å². The van der Waals surface area contributed by atoms with E-state index in [4.69, 9.17) is 0 Å². The number of phenols is 2. The molecule has 0 aliphatic rings. The predicted molar refractivity (Wildman–Crippen MR) is 107 cm³/mol. The first kappa shape index (κ1) is 20.0. The number of benzene rings is 2. The normalized spacial score (nSPS) is 11.0. The van der Waals surface area contributed by atoms with Crippen LogP contribution in [0.25, 0.3) is 0 Å². The van der Waals surface area contributed by atoms with E-state index in [-0.39, 0.29) is 17.4 Å². The summed E-state index contributed by atoms with van der Waals surface area (Å²) in [5, 5.41) is 22.2. The molecule has 0 radical (unpaired) electrons. The molecule has 0 spiro atoms. The molecule has 3 N–H and O–H groups in total. The van der Waals surface area contributed by atoms with E-state index in [0.717, 1.165) is 30.2 Å². The Labute approximate surface area is 161 Å². The van der Waals surface area contributed by atoms with Gasteiger partial charge in [0.05, 0.1) is 5.56 Å². The Bertz CT molecular complexity index is 762. The number of halogens is 1. The molecule has 5 nitrogen and oxygen atoms in total. The molecule has 2 aromatic carbocycles. The van der Waals surface area contributed by atoms with Gasteiger partial charge < -0.3 is 15.5 Å². The Hall–Kier alpha value is -2.34. The van der Waals surface area contributed by atoms with Crippen LogP contribution in [-0.4, -0.2) is 35.4 Å². The van der Waals surface area contributed by atoms with Gasteiger partial charge in [-0.1, -0.05) is 40.9 Å². The van der Waals surface area contributed by atoms with E-state index in [1.54, 1.807) is 36.5 Å². The highest BCUT2D eigenvalue weighted by Gasteiger charge is 2.08. The van der Waals surface area contributed by atoms with Gasteiger partial charge in [0.25, 0.3) is 5.91 Å². The van der Waals surface area contributed by atoms with Crippen LogP contribution < -0.4 is 5.32 Å². The summed E-state index contributed by atoms with van der Waals surface area (Å²) < 4.78 is 0.905. The van der Waals surface area contributed by atoms with Crippen molar-refractivity contribution < 1.29 is 15.0 Å². The van der Waals surface area contributed by atoms with Crippen molar-refractivity contribution in [2.75, 3.05) is 13.1 Å². The third-order valence-electron chi connectivity index (χ3n) is 3.87. The Kier molecular flexibility index (Phi) is 8.15. The topological polar surface area (TPSA) is 81.9 Å². The van der Waals surface area contributed by atoms with Crippen LogP contribution in [0, 0.1) is 0 Å². The second-order valence-electron chi connectivity index (χ2n) is 5.93. The molecule has 0 aliphatic heterocycles. The van der Waals surface area contributed by atoms with Crippen LogP contribution in [0.15, 0.2) is 51.9 Å². The summed E-state index contributed by atoms with van der Waals surface area (Å²) in [5.41, 5.74) is 1.00. The molecule has 2 aromatic rings. The summed E-state index contributed by atoms with van der Waals surface area (Å²) in [7, 11) is 0. The van der Waals surface area contributed by atoms with Crippen molar-refractivity contribution in [1.29, 1.82) is 0 Å². The molecule has 2 rings (SSSR count). The summed E-state index contributed by atoms with van der Waals surface area (Å²) in [4.78, 5) is 16.2. The number of aliphatic imine (C=N–C) groups is 1. The van der Waals surface area contributed by atoms with Crippen LogP contribution in [0.2, 0.25) is 0 Å². The van der Waals surface area contributed by atoms with Gasteiger partial charge in [0.1, 0.15) is 11.5 Å². The van der Waals surface area contributed by atoms with Crippen molar-refractivity contribution in [2.24, 2.45) is 4.99 Å². The zero-order chi connectivity index (χ0) is 18.8. The molecule has 1 amide bonds. The lowest BCUT2D eigenvalue weighted by atomic mass is 10.1. The van der Waals surface area contributed by atoms with Crippen LogP contribution in [0.5, 0.6) is 11.5 Å². The van der Waals surface area contributed by atoms with E-state index in [2.05, 4.69) is 26.2 Å². The smallest absolute Gasteiger partial charge is 0.255 e. The zero-order valence-corrected chi connectivity index (χ0v) is 16.1. The quantitative estimate of drug-likeness (QED) is 0.420. The number of nitrogens with one attached hydrogen (secondary N) is 1. The second kappa shape index (κ2) is 10.6. The molecule has 0 saturated heterocycles. The average Bonchev–Trinajstić information content (AvgIpc) is 2.63. The van der Waals surface area contributed by atoms with Crippen LogP contribution in [-0.2, 0) is 0 Å². The van der Waals surface area contributed by atoms with E-state index in [1.165, 1.54) is 6.07 Å². The first-order chi connectivity index (χ1) is 12.6. The zero-order valence-electron chi connectivity index (χ0n) is 14.5. The summed E-state index contributed by atoms with van der Waals surface area (Å²) in [5.74, 6) is -0.0296. The minimum Gasteiger partial charge on any atom is -0.507 e. The molecule has 0 aromatic heterocycles. The van der Waals surface area contributed by atoms with Gasteiger partial charge in [-0.15, -0.1) is 0 Å². The van der Waals surface area contributed by atoms with E-state index in [1.807, 2.05) is 6.07 Å². The molecule has 0 aliphatic carbocycles. The van der Waals surface area contributed by atoms with Crippen LogP contribution in [0.4, 0.5) is 0 Å². The molecule has 138 valence electrons. The Morgan fingerprint density at radius 3 is 2.62 bits per heavy atom. The van der Waals surface area contributed by atoms with Crippen molar-refractivity contribution in [3.05, 3.63) is 58.1 Å². The number of rotatable bonds is 9. The molecule has 0 heterocycles. The Balaban J connectivity index is 1.57. The van der Waals surface area contributed by atoms with Gasteiger partial charge in [-0.3, -0.25) is 9.79 Å². The maximum absolute atomic E-state index is 11.9. The van der Waals surface area contributed by atoms with Gasteiger partial charge in [0, 0.05) is 29.3 Å². The molecular weight excluding hydrogens is 396 g/mol. The third kappa shape index (κ3) is 6.52. The maximum atomic E-state index is 11.9.